The number of nitrogens with one attached hydrogen (secondary N) is 1. The molecule has 2 aromatic carbocycles. The van der Waals surface area contributed by atoms with Gasteiger partial charge >= 0.3 is 0 Å². The van der Waals surface area contributed by atoms with Gasteiger partial charge in [-0.1, -0.05) is 39.0 Å². The molecule has 2 heterocycles. The number of benzene rings is 2. The highest BCUT2D eigenvalue weighted by atomic mass is 32.2. The molecule has 13 heteroatoms. The Kier molecular flexibility index (Phi) is 8.93. The lowest BCUT2D eigenvalue weighted by molar-refractivity contribution is -0.129. The summed E-state index contributed by atoms with van der Waals surface area (Å²) in [5.74, 6) is -2.23. The number of nitrogens with two attached hydrogens (primary N) is 1. The number of aliphatic hydroxyl groups excluding tert-OH is 1. The van der Waals surface area contributed by atoms with Gasteiger partial charge in [-0.15, -0.1) is 0 Å². The molecule has 2 unspecified atom stereocenters. The van der Waals surface area contributed by atoms with Crippen LogP contribution in [0.25, 0.3) is 0 Å². The highest BCUT2D eigenvalue weighted by Crippen LogP contribution is 2.42. The first-order valence-corrected chi connectivity index (χ1v) is 14.9. The molecule has 0 aliphatic carbocycles. The lowest BCUT2D eigenvalue weighted by atomic mass is 9.85. The number of fused-ring (bicyclic) bond motifs is 1. The van der Waals surface area contributed by atoms with Crippen molar-refractivity contribution in [2.75, 3.05) is 12.9 Å². The molecule has 0 fully saturated rings. The van der Waals surface area contributed by atoms with Crippen molar-refractivity contribution in [2.45, 2.75) is 40.3 Å². The summed E-state index contributed by atoms with van der Waals surface area (Å²) in [4.78, 5) is 19.7. The highest BCUT2D eigenvalue weighted by Gasteiger charge is 2.47. The number of hydrogen-bond donors (Lipinski definition) is 3. The Balaban J connectivity index is 0.000000732. The molecule has 2 atom stereocenters. The number of hydrogen-bond acceptors (Lipinski definition) is 7. The second-order valence-corrected chi connectivity index (χ2v) is 13.0. The molecule has 2 aliphatic rings. The Morgan fingerprint density at radius 1 is 1.18 bits per heavy atom. The summed E-state index contributed by atoms with van der Waals surface area (Å²) in [7, 11) is -4.45. The van der Waals surface area contributed by atoms with Gasteiger partial charge in [0, 0.05) is 11.8 Å². The number of primary sulfonamides is 1. The van der Waals surface area contributed by atoms with Crippen LogP contribution in [-0.4, -0.2) is 49.1 Å². The lowest BCUT2D eigenvalue weighted by Gasteiger charge is -2.35. The molecule has 0 saturated heterocycles. The van der Waals surface area contributed by atoms with Crippen molar-refractivity contribution in [3.05, 3.63) is 71.0 Å². The second-order valence-electron chi connectivity index (χ2n) is 9.81. The Bertz CT molecular complexity index is 1380. The number of carbonyl (C=O) groups excluding carboxylic acids is 1. The fourth-order valence-corrected chi connectivity index (χ4v) is 5.62. The molecule has 0 radical (unpaired) electrons. The minimum atomic E-state index is -3.17. The molecule has 2 aromatic rings. The molecule has 0 spiro atoms. The minimum Gasteiger partial charge on any atom is -0.509 e. The minimum absolute atomic E-state index is 0.00954. The standard InChI is InChI=1S/C24H26F2N3O3P.CH5NO2S/c1-5-32-33-18-9-7-6-8-17(18)27-22(28-33)19-20(30)21(24(2,3)4)29(23(19)31)13-14-10-11-15(25)16(26)12-14;1-5(2,3)4/h6-12,21,30H,5,13H2,1-4H3,(H,27,28);1H3,(H2,2,3,4). The number of aliphatic imine (C=N–C) groups is 1. The van der Waals surface area contributed by atoms with Gasteiger partial charge in [0.05, 0.1) is 24.6 Å². The monoisotopic (exact) mass is 568 g/mol. The first-order valence-electron chi connectivity index (χ1n) is 11.7. The molecule has 1 amide bonds. The topological polar surface area (TPSA) is 134 Å². The zero-order valence-electron chi connectivity index (χ0n) is 21.7. The van der Waals surface area contributed by atoms with Gasteiger partial charge in [-0.3, -0.25) is 4.79 Å². The van der Waals surface area contributed by atoms with Gasteiger partial charge in [0.1, 0.15) is 17.2 Å². The summed E-state index contributed by atoms with van der Waals surface area (Å²) >= 11 is 0. The predicted octanol–water partition coefficient (Wildman–Crippen LogP) is 3.75. The van der Waals surface area contributed by atoms with Crippen molar-refractivity contribution in [1.29, 1.82) is 0 Å². The van der Waals surface area contributed by atoms with Gasteiger partial charge in [0.25, 0.3) is 5.91 Å². The SMILES string of the molecule is CCOP1NC(C2=C(O)C(C(C)(C)C)N(Cc3ccc(F)c(F)c3)C2=O)=Nc2ccccc21.CS(N)(=O)=O. The van der Waals surface area contributed by atoms with E-state index >= 15 is 0 Å². The Labute approximate surface area is 222 Å². The van der Waals surface area contributed by atoms with Gasteiger partial charge in [-0.25, -0.2) is 27.3 Å². The number of nitrogens with zero attached hydrogens (tertiary/aromatic N) is 2. The molecular weight excluding hydrogens is 537 g/mol. The number of amidine groups is 1. The zero-order chi connectivity index (χ0) is 28.4. The third-order valence-corrected chi connectivity index (χ3v) is 7.24. The molecule has 206 valence electrons. The van der Waals surface area contributed by atoms with E-state index in [4.69, 9.17) is 4.52 Å². The number of halogens is 2. The fourth-order valence-electron chi connectivity index (χ4n) is 4.13. The molecule has 9 nitrogen and oxygen atoms in total. The Hall–Kier alpha value is -2.92. The molecule has 0 aromatic heterocycles. The van der Waals surface area contributed by atoms with Crippen LogP contribution in [0.5, 0.6) is 0 Å². The van der Waals surface area contributed by atoms with E-state index in [-0.39, 0.29) is 23.7 Å². The predicted molar refractivity (Wildman–Crippen MR) is 144 cm³/mol. The summed E-state index contributed by atoms with van der Waals surface area (Å²) < 4.78 is 51.9. The molecule has 4 N–H and O–H groups in total. The van der Waals surface area contributed by atoms with Crippen molar-refractivity contribution in [2.24, 2.45) is 15.5 Å². The molecular formula is C25H31F2N4O5PS. The van der Waals surface area contributed by atoms with Crippen LogP contribution in [0.15, 0.2) is 58.8 Å². The van der Waals surface area contributed by atoms with Crippen LogP contribution in [0.3, 0.4) is 0 Å². The number of amides is 1. The zero-order valence-corrected chi connectivity index (χ0v) is 23.4. The van der Waals surface area contributed by atoms with Gasteiger partial charge in [-0.05, 0) is 42.2 Å². The van der Waals surface area contributed by atoms with Crippen molar-refractivity contribution in [3.63, 3.8) is 0 Å². The summed E-state index contributed by atoms with van der Waals surface area (Å²) in [5, 5.41) is 19.7. The summed E-state index contributed by atoms with van der Waals surface area (Å²) in [6.45, 7) is 8.07. The maximum absolute atomic E-state index is 13.8. The number of aliphatic hydroxyl groups is 1. The summed E-state index contributed by atoms with van der Waals surface area (Å²) in [6, 6.07) is 10.4. The van der Waals surface area contributed by atoms with Gasteiger partial charge in [-0.2, -0.15) is 0 Å². The van der Waals surface area contributed by atoms with E-state index in [1.54, 1.807) is 0 Å². The third-order valence-electron chi connectivity index (χ3n) is 5.49. The van der Waals surface area contributed by atoms with Crippen LogP contribution in [0.1, 0.15) is 33.3 Å². The molecule has 4 rings (SSSR count). The van der Waals surface area contributed by atoms with E-state index in [1.807, 2.05) is 52.0 Å². The van der Waals surface area contributed by atoms with Crippen molar-refractivity contribution in [3.8, 4) is 0 Å². The average Bonchev–Trinajstić information content (AvgIpc) is 3.04. The smallest absolute Gasteiger partial charge is 0.262 e. The van der Waals surface area contributed by atoms with E-state index in [0.29, 0.717) is 17.9 Å². The Morgan fingerprint density at radius 2 is 1.82 bits per heavy atom. The summed E-state index contributed by atoms with van der Waals surface area (Å²) in [5.41, 5.74) is 0.633. The van der Waals surface area contributed by atoms with Crippen LogP contribution in [0, 0.1) is 17.0 Å². The van der Waals surface area contributed by atoms with Crippen molar-refractivity contribution >= 4 is 41.1 Å². The number of sulfonamides is 1. The lowest BCUT2D eigenvalue weighted by Crippen LogP contribution is -2.43. The van der Waals surface area contributed by atoms with Gasteiger partial charge < -0.3 is 19.6 Å². The number of carbonyl (C=O) groups is 1. The van der Waals surface area contributed by atoms with Gasteiger partial charge in [0.2, 0.25) is 10.0 Å². The molecule has 0 bridgehead atoms. The maximum Gasteiger partial charge on any atom is 0.262 e. The van der Waals surface area contributed by atoms with Gasteiger partial charge in [0.15, 0.2) is 19.9 Å². The van der Waals surface area contributed by atoms with E-state index < -0.39 is 47.3 Å². The van der Waals surface area contributed by atoms with E-state index in [0.717, 1.165) is 23.7 Å². The largest absolute Gasteiger partial charge is 0.509 e. The van der Waals surface area contributed by atoms with Crippen LogP contribution in [0.4, 0.5) is 14.5 Å². The summed E-state index contributed by atoms with van der Waals surface area (Å²) in [6.07, 6.45) is 0.938. The number of rotatable bonds is 5. The van der Waals surface area contributed by atoms with Crippen LogP contribution < -0.4 is 15.5 Å². The maximum atomic E-state index is 13.8. The Morgan fingerprint density at radius 3 is 2.39 bits per heavy atom. The van der Waals surface area contributed by atoms with Crippen molar-refractivity contribution < 1.29 is 31.6 Å². The van der Waals surface area contributed by atoms with Crippen LogP contribution in [-0.2, 0) is 25.9 Å². The first-order chi connectivity index (χ1) is 17.6. The van der Waals surface area contributed by atoms with E-state index in [2.05, 4.69) is 15.2 Å². The first kappa shape index (κ1) is 29.6. The second kappa shape index (κ2) is 11.4. The molecule has 38 heavy (non-hydrogen) atoms. The third kappa shape index (κ3) is 6.93. The molecule has 2 aliphatic heterocycles. The highest BCUT2D eigenvalue weighted by molar-refractivity contribution is 7.88. The van der Waals surface area contributed by atoms with Crippen LogP contribution >= 0.6 is 8.30 Å². The van der Waals surface area contributed by atoms with E-state index in [9.17, 15) is 27.1 Å². The van der Waals surface area contributed by atoms with E-state index in [1.165, 1.54) is 11.0 Å². The van der Waals surface area contributed by atoms with Crippen LogP contribution in [0.2, 0.25) is 0 Å². The quantitative estimate of drug-likeness (QED) is 0.471. The normalized spacial score (nSPS) is 19.4. The average molecular weight is 569 g/mol. The number of para-hydroxylation sites is 1. The fraction of sp³-hybridized carbons (Fsp3) is 0.360. The van der Waals surface area contributed by atoms with Crippen molar-refractivity contribution in [1.82, 2.24) is 9.99 Å². The molecule has 0 saturated carbocycles.